The molecule has 4 heterocycles. The van der Waals surface area contributed by atoms with E-state index in [1.54, 1.807) is 17.1 Å². The fraction of sp³-hybridized carbons (Fsp3) is 0.400. The number of piperazine rings is 1. The van der Waals surface area contributed by atoms with E-state index in [2.05, 4.69) is 25.5 Å². The second-order valence-electron chi connectivity index (χ2n) is 7.71. The molecule has 3 aromatic rings. The van der Waals surface area contributed by atoms with Gasteiger partial charge in [-0.15, -0.1) is 10.2 Å². The fourth-order valence-electron chi connectivity index (χ4n) is 3.33. The quantitative estimate of drug-likeness (QED) is 0.619. The number of imidazole rings is 1. The molecule has 1 saturated heterocycles. The number of pyridine rings is 1. The molecule has 0 atom stereocenters. The normalized spacial score (nSPS) is 15.4. The lowest BCUT2D eigenvalue weighted by Crippen LogP contribution is -2.49. The number of nitrogens with zero attached hydrogens (tertiary/aromatic N) is 7. The van der Waals surface area contributed by atoms with Crippen molar-refractivity contribution in [3.8, 4) is 0 Å². The minimum absolute atomic E-state index is 0.0922. The first-order valence-electron chi connectivity index (χ1n) is 10.2. The van der Waals surface area contributed by atoms with Gasteiger partial charge in [0.05, 0.1) is 6.33 Å². The summed E-state index contributed by atoms with van der Waals surface area (Å²) in [5, 5.41) is 11.7. The molecular formula is C20H26N8O2S. The van der Waals surface area contributed by atoms with Gasteiger partial charge in [0.1, 0.15) is 5.82 Å². The van der Waals surface area contributed by atoms with Crippen LogP contribution in [0.4, 0.5) is 17.5 Å². The highest BCUT2D eigenvalue weighted by molar-refractivity contribution is 7.89. The molecule has 0 unspecified atom stereocenters. The van der Waals surface area contributed by atoms with Gasteiger partial charge in [-0.05, 0) is 45.0 Å². The van der Waals surface area contributed by atoms with Gasteiger partial charge < -0.3 is 14.8 Å². The molecule has 0 aromatic carbocycles. The van der Waals surface area contributed by atoms with Gasteiger partial charge in [0.2, 0.25) is 0 Å². The predicted octanol–water partition coefficient (Wildman–Crippen LogP) is 2.21. The molecule has 0 bridgehead atoms. The molecular weight excluding hydrogens is 416 g/mol. The molecule has 0 spiro atoms. The van der Waals surface area contributed by atoms with Gasteiger partial charge in [-0.3, -0.25) is 0 Å². The Kier molecular flexibility index (Phi) is 5.88. The van der Waals surface area contributed by atoms with Crippen LogP contribution >= 0.6 is 0 Å². The summed E-state index contributed by atoms with van der Waals surface area (Å²) in [6, 6.07) is 9.59. The summed E-state index contributed by atoms with van der Waals surface area (Å²) in [4.78, 5) is 10.5. The summed E-state index contributed by atoms with van der Waals surface area (Å²) in [6.45, 7) is 7.69. The molecule has 0 amide bonds. The highest BCUT2D eigenvalue weighted by atomic mass is 32.2. The molecule has 1 fully saturated rings. The predicted molar refractivity (Wildman–Crippen MR) is 118 cm³/mol. The van der Waals surface area contributed by atoms with E-state index in [0.717, 1.165) is 5.69 Å². The lowest BCUT2D eigenvalue weighted by molar-refractivity contribution is 0.382. The van der Waals surface area contributed by atoms with E-state index in [4.69, 9.17) is 0 Å². The molecule has 1 aliphatic rings. The Morgan fingerprint density at radius 2 is 1.77 bits per heavy atom. The lowest BCUT2D eigenvalue weighted by Gasteiger charge is -2.34. The van der Waals surface area contributed by atoms with Crippen LogP contribution in [0.1, 0.15) is 25.6 Å². The van der Waals surface area contributed by atoms with Crippen LogP contribution in [0.25, 0.3) is 0 Å². The van der Waals surface area contributed by atoms with E-state index in [9.17, 15) is 8.42 Å². The van der Waals surface area contributed by atoms with Crippen molar-refractivity contribution in [3.05, 3.63) is 48.5 Å². The van der Waals surface area contributed by atoms with E-state index in [0.29, 0.717) is 43.6 Å². The SMILES string of the molecule is Cc1cccc(Nc2ccc(N3CCN(S(=O)(=O)c4cn(C(C)C)cn4)CC3)nn2)n1. The minimum atomic E-state index is -3.60. The summed E-state index contributed by atoms with van der Waals surface area (Å²) in [6.07, 6.45) is 3.15. The van der Waals surface area contributed by atoms with Crippen molar-refractivity contribution in [3.63, 3.8) is 0 Å². The van der Waals surface area contributed by atoms with Crippen molar-refractivity contribution in [2.24, 2.45) is 0 Å². The van der Waals surface area contributed by atoms with Gasteiger partial charge in [0, 0.05) is 44.1 Å². The Balaban J connectivity index is 1.38. The summed E-state index contributed by atoms with van der Waals surface area (Å²) < 4.78 is 29.1. The third-order valence-corrected chi connectivity index (χ3v) is 6.92. The molecule has 31 heavy (non-hydrogen) atoms. The number of aromatic nitrogens is 5. The number of nitrogens with one attached hydrogen (secondary N) is 1. The summed E-state index contributed by atoms with van der Waals surface area (Å²) >= 11 is 0. The topological polar surface area (TPSA) is 109 Å². The maximum absolute atomic E-state index is 12.9. The highest BCUT2D eigenvalue weighted by Gasteiger charge is 2.30. The van der Waals surface area contributed by atoms with Crippen LogP contribution in [0.15, 0.2) is 47.9 Å². The maximum Gasteiger partial charge on any atom is 0.262 e. The Hall–Kier alpha value is -3.05. The summed E-state index contributed by atoms with van der Waals surface area (Å²) in [5.74, 6) is 2.02. The molecule has 164 valence electrons. The lowest BCUT2D eigenvalue weighted by atomic mass is 10.3. The molecule has 0 saturated carbocycles. The zero-order valence-electron chi connectivity index (χ0n) is 17.8. The van der Waals surface area contributed by atoms with Gasteiger partial charge in [0.25, 0.3) is 10.0 Å². The van der Waals surface area contributed by atoms with E-state index >= 15 is 0 Å². The van der Waals surface area contributed by atoms with Crippen LogP contribution in [0.3, 0.4) is 0 Å². The van der Waals surface area contributed by atoms with Crippen molar-refractivity contribution in [2.75, 3.05) is 36.4 Å². The molecule has 0 aliphatic carbocycles. The van der Waals surface area contributed by atoms with E-state index in [-0.39, 0.29) is 11.1 Å². The van der Waals surface area contributed by atoms with Crippen LogP contribution in [0.2, 0.25) is 0 Å². The smallest absolute Gasteiger partial charge is 0.262 e. The molecule has 4 rings (SSSR count). The van der Waals surface area contributed by atoms with E-state index < -0.39 is 10.0 Å². The van der Waals surface area contributed by atoms with Crippen LogP contribution in [-0.4, -0.2) is 63.6 Å². The van der Waals surface area contributed by atoms with Crippen molar-refractivity contribution in [2.45, 2.75) is 31.8 Å². The molecule has 11 heteroatoms. The number of aryl methyl sites for hydroxylation is 1. The van der Waals surface area contributed by atoms with Crippen LogP contribution in [0, 0.1) is 6.92 Å². The van der Waals surface area contributed by atoms with Crippen molar-refractivity contribution in [1.82, 2.24) is 29.0 Å². The third-order valence-electron chi connectivity index (χ3n) is 5.14. The Bertz CT molecular complexity index is 1140. The van der Waals surface area contributed by atoms with Gasteiger partial charge in [-0.1, -0.05) is 6.07 Å². The van der Waals surface area contributed by atoms with Gasteiger partial charge in [-0.2, -0.15) is 4.31 Å². The van der Waals surface area contributed by atoms with Crippen LogP contribution in [-0.2, 0) is 10.0 Å². The molecule has 1 aliphatic heterocycles. The molecule has 0 radical (unpaired) electrons. The number of hydrogen-bond donors (Lipinski definition) is 1. The minimum Gasteiger partial charge on any atom is -0.352 e. The van der Waals surface area contributed by atoms with Crippen molar-refractivity contribution in [1.29, 1.82) is 0 Å². The fourth-order valence-corrected chi connectivity index (χ4v) is 4.67. The first kappa shape index (κ1) is 21.2. The average molecular weight is 443 g/mol. The van der Waals surface area contributed by atoms with Gasteiger partial charge in [0.15, 0.2) is 16.7 Å². The number of sulfonamides is 1. The zero-order valence-corrected chi connectivity index (χ0v) is 18.6. The summed E-state index contributed by atoms with van der Waals surface area (Å²) in [5.41, 5.74) is 0.915. The van der Waals surface area contributed by atoms with Gasteiger partial charge >= 0.3 is 0 Å². The van der Waals surface area contributed by atoms with E-state index in [1.165, 1.54) is 4.31 Å². The first-order chi connectivity index (χ1) is 14.8. The molecule has 10 nitrogen and oxygen atoms in total. The van der Waals surface area contributed by atoms with Crippen LogP contribution < -0.4 is 10.2 Å². The Labute approximate surface area is 182 Å². The van der Waals surface area contributed by atoms with Crippen molar-refractivity contribution >= 4 is 27.5 Å². The highest BCUT2D eigenvalue weighted by Crippen LogP contribution is 2.21. The maximum atomic E-state index is 12.9. The Morgan fingerprint density at radius 1 is 1.00 bits per heavy atom. The Morgan fingerprint density at radius 3 is 2.39 bits per heavy atom. The largest absolute Gasteiger partial charge is 0.352 e. The average Bonchev–Trinajstić information content (AvgIpc) is 3.26. The number of rotatable bonds is 6. The monoisotopic (exact) mass is 442 g/mol. The third kappa shape index (κ3) is 4.67. The van der Waals surface area contributed by atoms with Crippen LogP contribution in [0.5, 0.6) is 0 Å². The summed E-state index contributed by atoms with van der Waals surface area (Å²) in [7, 11) is -3.60. The second kappa shape index (κ2) is 8.60. The number of anilines is 3. The number of hydrogen-bond acceptors (Lipinski definition) is 8. The van der Waals surface area contributed by atoms with Gasteiger partial charge in [-0.25, -0.2) is 18.4 Å². The van der Waals surface area contributed by atoms with Crippen molar-refractivity contribution < 1.29 is 8.42 Å². The van der Waals surface area contributed by atoms with E-state index in [1.807, 2.05) is 56.0 Å². The zero-order chi connectivity index (χ0) is 22.0. The molecule has 3 aromatic heterocycles. The molecule has 1 N–H and O–H groups in total. The second-order valence-corrected chi connectivity index (χ2v) is 9.59. The first-order valence-corrected chi connectivity index (χ1v) is 11.6. The standard InChI is InChI=1S/C20H26N8O2S/c1-15(2)27-13-20(21-14-27)31(29,30)28-11-9-26(10-12-28)19-8-7-18(24-25-19)23-17-6-4-5-16(3)22-17/h4-8,13-15H,9-12H2,1-3H3,(H,22,23,24).